The van der Waals surface area contributed by atoms with E-state index in [-0.39, 0.29) is 17.1 Å². The van der Waals surface area contributed by atoms with Crippen molar-refractivity contribution in [2.24, 2.45) is 0 Å². The third kappa shape index (κ3) is 2.27. The van der Waals surface area contributed by atoms with E-state index in [9.17, 15) is 4.79 Å². The van der Waals surface area contributed by atoms with Crippen LogP contribution in [0.1, 0.15) is 6.42 Å². The molecule has 1 fully saturated rings. The van der Waals surface area contributed by atoms with Gasteiger partial charge < -0.3 is 15.5 Å². The van der Waals surface area contributed by atoms with Crippen molar-refractivity contribution in [3.8, 4) is 0 Å². The smallest absolute Gasteiger partial charge is 0.320 e. The number of hydrogen-bond donors (Lipinski definition) is 3. The Hall–Kier alpha value is -0.0905. The number of aliphatic hydroxyl groups excluding tert-OH is 1. The van der Waals surface area contributed by atoms with Crippen LogP contribution >= 0.6 is 0 Å². The van der Waals surface area contributed by atoms with E-state index in [1.54, 1.807) is 0 Å². The predicted molar refractivity (Wildman–Crippen MR) is 30.1 cm³/mol. The molecular weight excluding hydrogens is 186 g/mol. The largest absolute Gasteiger partial charge is 0.480 e. The molecule has 1 saturated heterocycles. The number of carboxylic acid groups (broad SMARTS) is 1. The van der Waals surface area contributed by atoms with Crippen molar-refractivity contribution in [3.63, 3.8) is 0 Å². The van der Waals surface area contributed by atoms with Gasteiger partial charge in [0.15, 0.2) is 0 Å². The molecule has 10 heavy (non-hydrogen) atoms. The van der Waals surface area contributed by atoms with Crippen molar-refractivity contribution in [2.45, 2.75) is 18.6 Å². The zero-order chi connectivity index (χ0) is 6.85. The average Bonchev–Trinajstić information content (AvgIpc) is 2.14. The number of β-amino-alcohol motifs (C(OH)–C–C–N with tert-alkyl or cyclic N) is 1. The van der Waals surface area contributed by atoms with Crippen molar-refractivity contribution in [3.05, 3.63) is 0 Å². The Morgan fingerprint density at radius 3 is 2.40 bits per heavy atom. The first-order valence-corrected chi connectivity index (χ1v) is 2.84. The maximum Gasteiger partial charge on any atom is 0.320 e. The molecule has 1 aliphatic heterocycles. The van der Waals surface area contributed by atoms with Gasteiger partial charge in [-0.25, -0.2) is 0 Å². The molecule has 3 N–H and O–H groups in total. The molecule has 2 atom stereocenters. The van der Waals surface area contributed by atoms with Gasteiger partial charge in [0.1, 0.15) is 6.04 Å². The Kier molecular flexibility index (Phi) is 3.89. The van der Waals surface area contributed by atoms with Crippen LogP contribution in [-0.2, 0) is 21.9 Å². The number of aliphatic carboxylic acids is 1. The molecule has 0 saturated carbocycles. The van der Waals surface area contributed by atoms with Gasteiger partial charge in [0, 0.05) is 30.0 Å². The van der Waals surface area contributed by atoms with Crippen LogP contribution in [0, 0.1) is 0 Å². The molecule has 0 spiro atoms. The van der Waals surface area contributed by atoms with E-state index in [1.165, 1.54) is 0 Å². The summed E-state index contributed by atoms with van der Waals surface area (Å²) in [4.78, 5) is 10.2. The van der Waals surface area contributed by atoms with Gasteiger partial charge in [0.05, 0.1) is 6.10 Å². The first-order chi connectivity index (χ1) is 4.20. The van der Waals surface area contributed by atoms with Gasteiger partial charge in [-0.3, -0.25) is 4.79 Å². The summed E-state index contributed by atoms with van der Waals surface area (Å²) in [7, 11) is 0. The molecule has 63 valence electrons. The molecule has 1 radical (unpaired) electrons. The zero-order valence-electron chi connectivity index (χ0n) is 5.17. The topological polar surface area (TPSA) is 69.6 Å². The van der Waals surface area contributed by atoms with E-state index in [2.05, 4.69) is 5.32 Å². The second-order valence-electron chi connectivity index (χ2n) is 2.19. The van der Waals surface area contributed by atoms with E-state index >= 15 is 0 Å². The SMILES string of the molecule is O=C(O)[C@@H]1C[C@@H](O)CN1.[Cu]. The second kappa shape index (κ2) is 3.93. The summed E-state index contributed by atoms with van der Waals surface area (Å²) in [5.41, 5.74) is 0. The molecule has 0 aromatic rings. The average molecular weight is 195 g/mol. The van der Waals surface area contributed by atoms with Crippen LogP contribution in [0.3, 0.4) is 0 Å². The summed E-state index contributed by atoms with van der Waals surface area (Å²) < 4.78 is 0. The number of carbonyl (C=O) groups is 1. The molecule has 1 heterocycles. The molecule has 4 nitrogen and oxygen atoms in total. The van der Waals surface area contributed by atoms with Crippen molar-refractivity contribution in [1.82, 2.24) is 5.32 Å². The second-order valence-corrected chi connectivity index (χ2v) is 2.19. The molecule has 0 aliphatic carbocycles. The first-order valence-electron chi connectivity index (χ1n) is 2.84. The number of hydrogen-bond acceptors (Lipinski definition) is 3. The van der Waals surface area contributed by atoms with E-state index in [1.807, 2.05) is 0 Å². The Bertz CT molecular complexity index is 130. The Labute approximate surface area is 69.1 Å². The summed E-state index contributed by atoms with van der Waals surface area (Å²) in [5, 5.41) is 19.8. The van der Waals surface area contributed by atoms with Crippen LogP contribution in [0.2, 0.25) is 0 Å². The molecule has 5 heteroatoms. The predicted octanol–water partition coefficient (Wildman–Crippen LogP) is -1.21. The fraction of sp³-hybridized carbons (Fsp3) is 0.800. The van der Waals surface area contributed by atoms with Crippen molar-refractivity contribution < 1.29 is 32.1 Å². The van der Waals surface area contributed by atoms with E-state index in [4.69, 9.17) is 10.2 Å². The van der Waals surface area contributed by atoms with Gasteiger partial charge in [0.25, 0.3) is 0 Å². The van der Waals surface area contributed by atoms with Gasteiger partial charge in [0.2, 0.25) is 0 Å². The zero-order valence-corrected chi connectivity index (χ0v) is 6.11. The first kappa shape index (κ1) is 9.91. The van der Waals surface area contributed by atoms with E-state index < -0.39 is 18.1 Å². The molecule has 0 unspecified atom stereocenters. The third-order valence-corrected chi connectivity index (χ3v) is 1.41. The minimum Gasteiger partial charge on any atom is -0.480 e. The summed E-state index contributed by atoms with van der Waals surface area (Å²) >= 11 is 0. The summed E-state index contributed by atoms with van der Waals surface area (Å²) in [6, 6.07) is -0.542. The number of aliphatic hydroxyl groups is 1. The molecule has 1 aliphatic rings. The summed E-state index contributed by atoms with van der Waals surface area (Å²) in [5.74, 6) is -0.883. The van der Waals surface area contributed by atoms with Crippen LogP contribution in [0.5, 0.6) is 0 Å². The van der Waals surface area contributed by atoms with E-state index in [0.29, 0.717) is 13.0 Å². The fourth-order valence-electron chi connectivity index (χ4n) is 0.905. The molecule has 0 amide bonds. The van der Waals surface area contributed by atoms with Crippen molar-refractivity contribution in [1.29, 1.82) is 0 Å². The molecule has 0 aromatic carbocycles. The van der Waals surface area contributed by atoms with Crippen LogP contribution in [0.15, 0.2) is 0 Å². The van der Waals surface area contributed by atoms with Crippen molar-refractivity contribution in [2.75, 3.05) is 6.54 Å². The summed E-state index contributed by atoms with van der Waals surface area (Å²) in [6.45, 7) is 0.400. The van der Waals surface area contributed by atoms with Crippen LogP contribution in [0.4, 0.5) is 0 Å². The maximum absolute atomic E-state index is 10.2. The van der Waals surface area contributed by atoms with Gasteiger partial charge in [-0.2, -0.15) is 0 Å². The number of nitrogens with one attached hydrogen (secondary N) is 1. The Morgan fingerprint density at radius 1 is 1.60 bits per heavy atom. The molecule has 1 rings (SSSR count). The minimum atomic E-state index is -0.883. The van der Waals surface area contributed by atoms with Crippen molar-refractivity contribution >= 4 is 5.97 Å². The number of carboxylic acids is 1. The van der Waals surface area contributed by atoms with Gasteiger partial charge >= 0.3 is 5.97 Å². The standard InChI is InChI=1S/C5H9NO3.Cu/c7-3-1-4(5(8)9)6-2-3;/h3-4,6-7H,1-2H2,(H,8,9);/t3-,4+;/m1./s1. The summed E-state index contributed by atoms with van der Waals surface area (Å²) in [6.07, 6.45) is -0.152. The van der Waals surface area contributed by atoms with Gasteiger partial charge in [-0.15, -0.1) is 0 Å². The number of rotatable bonds is 1. The third-order valence-electron chi connectivity index (χ3n) is 1.41. The molecule has 0 bridgehead atoms. The monoisotopic (exact) mass is 194 g/mol. The minimum absolute atomic E-state index is 0. The molecule has 0 aromatic heterocycles. The maximum atomic E-state index is 10.2. The van der Waals surface area contributed by atoms with Gasteiger partial charge in [-0.05, 0) is 0 Å². The quantitative estimate of drug-likeness (QED) is 0.459. The normalized spacial score (nSPS) is 31.3. The van der Waals surface area contributed by atoms with Crippen LogP contribution < -0.4 is 5.32 Å². The van der Waals surface area contributed by atoms with Crippen LogP contribution in [-0.4, -0.2) is 34.9 Å². The Balaban J connectivity index is 0.000000810. The molecular formula is C5H9CuNO3. The van der Waals surface area contributed by atoms with E-state index in [0.717, 1.165) is 0 Å². The van der Waals surface area contributed by atoms with Crippen LogP contribution in [0.25, 0.3) is 0 Å². The fourth-order valence-corrected chi connectivity index (χ4v) is 0.905. The Morgan fingerprint density at radius 2 is 2.20 bits per heavy atom. The van der Waals surface area contributed by atoms with Gasteiger partial charge in [-0.1, -0.05) is 0 Å².